The Bertz CT molecular complexity index is 502. The lowest BCUT2D eigenvalue weighted by Gasteiger charge is -2.19. The normalized spacial score (nSPS) is 9.74. The summed E-state index contributed by atoms with van der Waals surface area (Å²) in [6.45, 7) is 1.82. The predicted molar refractivity (Wildman–Crippen MR) is 68.9 cm³/mol. The van der Waals surface area contributed by atoms with Crippen LogP contribution in [0.1, 0.15) is 17.3 Å². The van der Waals surface area contributed by atoms with Gasteiger partial charge in [0.25, 0.3) is 0 Å². The van der Waals surface area contributed by atoms with E-state index >= 15 is 0 Å². The van der Waals surface area contributed by atoms with Gasteiger partial charge in [-0.2, -0.15) is 0 Å². The predicted octanol–water partition coefficient (Wildman–Crippen LogP) is 0.724. The molecule has 1 aromatic rings. The van der Waals surface area contributed by atoms with Crippen molar-refractivity contribution in [3.63, 3.8) is 0 Å². The van der Waals surface area contributed by atoms with Crippen LogP contribution in [0.2, 0.25) is 0 Å². The van der Waals surface area contributed by atoms with Gasteiger partial charge in [-0.3, -0.25) is 4.79 Å². The third-order valence-corrected chi connectivity index (χ3v) is 2.38. The third-order valence-electron chi connectivity index (χ3n) is 2.38. The molecule has 19 heavy (non-hydrogen) atoms. The van der Waals surface area contributed by atoms with Crippen LogP contribution in [-0.2, 0) is 4.79 Å². The van der Waals surface area contributed by atoms with E-state index in [2.05, 4.69) is 5.32 Å². The van der Waals surface area contributed by atoms with Gasteiger partial charge in [-0.1, -0.05) is 6.07 Å². The molecule has 0 atom stereocenters. The van der Waals surface area contributed by atoms with Crippen LogP contribution in [0, 0.1) is 0 Å². The van der Waals surface area contributed by atoms with Gasteiger partial charge in [0.1, 0.15) is 6.54 Å². The zero-order valence-corrected chi connectivity index (χ0v) is 10.4. The van der Waals surface area contributed by atoms with Crippen molar-refractivity contribution >= 4 is 23.6 Å². The topological polar surface area (TPSA) is 113 Å². The van der Waals surface area contributed by atoms with Crippen LogP contribution in [0.5, 0.6) is 0 Å². The summed E-state index contributed by atoms with van der Waals surface area (Å²) in [6, 6.07) is 5.31. The molecule has 0 aromatic heterocycles. The number of rotatable bonds is 5. The van der Waals surface area contributed by atoms with Gasteiger partial charge in [0.15, 0.2) is 0 Å². The highest BCUT2D eigenvalue weighted by molar-refractivity contribution is 5.94. The number of carboxylic acid groups (broad SMARTS) is 1. The van der Waals surface area contributed by atoms with Crippen molar-refractivity contribution in [3.05, 3.63) is 29.8 Å². The summed E-state index contributed by atoms with van der Waals surface area (Å²) < 4.78 is 0. The molecule has 7 nitrogen and oxygen atoms in total. The lowest BCUT2D eigenvalue weighted by atomic mass is 10.2. The SMILES string of the molecule is CCN(CC(N)=O)C(=O)Nc1cccc(C(=O)O)c1. The Morgan fingerprint density at radius 2 is 2.05 bits per heavy atom. The number of urea groups is 1. The monoisotopic (exact) mass is 265 g/mol. The van der Waals surface area contributed by atoms with E-state index in [0.717, 1.165) is 0 Å². The van der Waals surface area contributed by atoms with E-state index in [1.54, 1.807) is 13.0 Å². The molecule has 1 aromatic carbocycles. The maximum Gasteiger partial charge on any atom is 0.335 e. The van der Waals surface area contributed by atoms with Gasteiger partial charge < -0.3 is 21.1 Å². The standard InChI is InChI=1S/C12H15N3O4/c1-2-15(7-10(13)16)12(19)14-9-5-3-4-8(6-9)11(17)18/h3-6H,2,7H2,1H3,(H2,13,16)(H,14,19)(H,17,18). The maximum atomic E-state index is 11.8. The van der Waals surface area contributed by atoms with E-state index in [4.69, 9.17) is 10.8 Å². The van der Waals surface area contributed by atoms with Gasteiger partial charge in [0.05, 0.1) is 5.56 Å². The summed E-state index contributed by atoms with van der Waals surface area (Å²) in [5.74, 6) is -1.70. The van der Waals surface area contributed by atoms with Gasteiger partial charge in [-0.15, -0.1) is 0 Å². The fourth-order valence-corrected chi connectivity index (χ4v) is 1.45. The van der Waals surface area contributed by atoms with Gasteiger partial charge in [0, 0.05) is 12.2 Å². The molecule has 0 radical (unpaired) electrons. The number of nitrogens with zero attached hydrogens (tertiary/aromatic N) is 1. The average molecular weight is 265 g/mol. The molecular formula is C12H15N3O4. The minimum absolute atomic E-state index is 0.0655. The number of anilines is 1. The molecule has 0 aliphatic carbocycles. The van der Waals surface area contributed by atoms with Crippen LogP contribution in [0.25, 0.3) is 0 Å². The zero-order chi connectivity index (χ0) is 14.4. The number of carbonyl (C=O) groups excluding carboxylic acids is 2. The van der Waals surface area contributed by atoms with Crippen molar-refractivity contribution in [3.8, 4) is 0 Å². The minimum atomic E-state index is -1.08. The lowest BCUT2D eigenvalue weighted by Crippen LogP contribution is -2.40. The first-order valence-corrected chi connectivity index (χ1v) is 5.61. The second-order valence-electron chi connectivity index (χ2n) is 3.80. The smallest absolute Gasteiger partial charge is 0.335 e. The first-order valence-electron chi connectivity index (χ1n) is 5.61. The average Bonchev–Trinajstić information content (AvgIpc) is 2.35. The summed E-state index contributed by atoms with van der Waals surface area (Å²) in [5, 5.41) is 11.3. The minimum Gasteiger partial charge on any atom is -0.478 e. The van der Waals surface area contributed by atoms with Crippen LogP contribution in [0.4, 0.5) is 10.5 Å². The molecule has 0 saturated carbocycles. The number of hydrogen-bond donors (Lipinski definition) is 3. The Kier molecular flexibility index (Phi) is 4.87. The van der Waals surface area contributed by atoms with Crippen molar-refractivity contribution in [1.29, 1.82) is 0 Å². The zero-order valence-electron chi connectivity index (χ0n) is 10.4. The molecule has 102 valence electrons. The van der Waals surface area contributed by atoms with Crippen LogP contribution in [-0.4, -0.2) is 41.0 Å². The Labute approximate surface area is 110 Å². The first-order chi connectivity index (χ1) is 8.93. The summed E-state index contributed by atoms with van der Waals surface area (Å²) >= 11 is 0. The number of amides is 3. The molecule has 0 heterocycles. The summed E-state index contributed by atoms with van der Waals surface area (Å²) in [7, 11) is 0. The Morgan fingerprint density at radius 1 is 1.37 bits per heavy atom. The van der Waals surface area contributed by atoms with E-state index in [0.29, 0.717) is 12.2 Å². The third kappa shape index (κ3) is 4.30. The van der Waals surface area contributed by atoms with Crippen LogP contribution in [0.3, 0.4) is 0 Å². The number of carbonyl (C=O) groups is 3. The molecule has 0 spiro atoms. The number of nitrogens with one attached hydrogen (secondary N) is 1. The quantitative estimate of drug-likeness (QED) is 0.728. The van der Waals surface area contributed by atoms with E-state index in [1.807, 2.05) is 0 Å². The molecule has 3 amide bonds. The molecule has 0 bridgehead atoms. The highest BCUT2D eigenvalue weighted by Crippen LogP contribution is 2.11. The van der Waals surface area contributed by atoms with Crippen LogP contribution >= 0.6 is 0 Å². The molecule has 0 aliphatic rings. The van der Waals surface area contributed by atoms with Crippen molar-refractivity contribution in [2.24, 2.45) is 5.73 Å². The van der Waals surface area contributed by atoms with Crippen LogP contribution < -0.4 is 11.1 Å². The highest BCUT2D eigenvalue weighted by atomic mass is 16.4. The van der Waals surface area contributed by atoms with Crippen LogP contribution in [0.15, 0.2) is 24.3 Å². The van der Waals surface area contributed by atoms with E-state index in [-0.39, 0.29) is 12.1 Å². The first kappa shape index (κ1) is 14.5. The van der Waals surface area contributed by atoms with E-state index < -0.39 is 17.9 Å². The molecule has 1 rings (SSSR count). The number of aromatic carboxylic acids is 1. The van der Waals surface area contributed by atoms with Crippen molar-refractivity contribution in [1.82, 2.24) is 4.90 Å². The number of nitrogens with two attached hydrogens (primary N) is 1. The Hall–Kier alpha value is -2.57. The fraction of sp³-hybridized carbons (Fsp3) is 0.250. The Balaban J connectivity index is 2.78. The summed E-state index contributed by atoms with van der Waals surface area (Å²) in [5.41, 5.74) is 5.43. The molecule has 4 N–H and O–H groups in total. The highest BCUT2D eigenvalue weighted by Gasteiger charge is 2.14. The molecular weight excluding hydrogens is 250 g/mol. The summed E-state index contributed by atoms with van der Waals surface area (Å²) in [6.07, 6.45) is 0. The number of likely N-dealkylation sites (N-methyl/N-ethyl adjacent to an activating group) is 1. The molecule has 7 heteroatoms. The molecule has 0 aliphatic heterocycles. The lowest BCUT2D eigenvalue weighted by molar-refractivity contribution is -0.118. The number of primary amides is 1. The fourth-order valence-electron chi connectivity index (χ4n) is 1.45. The number of hydrogen-bond acceptors (Lipinski definition) is 3. The molecule has 0 unspecified atom stereocenters. The van der Waals surface area contributed by atoms with Crippen molar-refractivity contribution in [2.45, 2.75) is 6.92 Å². The molecule has 0 fully saturated rings. The van der Waals surface area contributed by atoms with Crippen molar-refractivity contribution < 1.29 is 19.5 Å². The van der Waals surface area contributed by atoms with Gasteiger partial charge >= 0.3 is 12.0 Å². The van der Waals surface area contributed by atoms with E-state index in [9.17, 15) is 14.4 Å². The Morgan fingerprint density at radius 3 is 2.58 bits per heavy atom. The second-order valence-corrected chi connectivity index (χ2v) is 3.80. The largest absolute Gasteiger partial charge is 0.478 e. The summed E-state index contributed by atoms with van der Waals surface area (Å²) in [4.78, 5) is 34.6. The van der Waals surface area contributed by atoms with Gasteiger partial charge in [-0.05, 0) is 25.1 Å². The molecule has 0 saturated heterocycles. The van der Waals surface area contributed by atoms with Crippen molar-refractivity contribution in [2.75, 3.05) is 18.4 Å². The number of benzene rings is 1. The van der Waals surface area contributed by atoms with E-state index in [1.165, 1.54) is 23.1 Å². The second kappa shape index (κ2) is 6.39. The van der Waals surface area contributed by atoms with Gasteiger partial charge in [-0.25, -0.2) is 9.59 Å². The number of carboxylic acids is 1. The van der Waals surface area contributed by atoms with Gasteiger partial charge in [0.2, 0.25) is 5.91 Å². The maximum absolute atomic E-state index is 11.8.